The highest BCUT2D eigenvalue weighted by atomic mass is 16.4. The highest BCUT2D eigenvalue weighted by Crippen LogP contribution is 2.32. The first-order valence-electron chi connectivity index (χ1n) is 7.99. The number of rotatable bonds is 1. The number of carboxylic acids is 1. The predicted octanol–water partition coefficient (Wildman–Crippen LogP) is 1.21. The minimum absolute atomic E-state index is 0.0866. The summed E-state index contributed by atoms with van der Waals surface area (Å²) in [5.74, 6) is -0.888. The van der Waals surface area contributed by atoms with Gasteiger partial charge in [0.15, 0.2) is 0 Å². The average Bonchev–Trinajstić information content (AvgIpc) is 3.03. The highest BCUT2D eigenvalue weighted by molar-refractivity contribution is 5.86. The molecule has 6 nitrogen and oxygen atoms in total. The van der Waals surface area contributed by atoms with Crippen LogP contribution < -0.4 is 0 Å². The van der Waals surface area contributed by atoms with Crippen molar-refractivity contribution in [3.63, 3.8) is 0 Å². The lowest BCUT2D eigenvalue weighted by Gasteiger charge is -2.45. The Morgan fingerprint density at radius 2 is 1.95 bits per heavy atom. The van der Waals surface area contributed by atoms with Crippen LogP contribution in [-0.4, -0.2) is 75.6 Å². The Kier molecular flexibility index (Phi) is 3.59. The van der Waals surface area contributed by atoms with Crippen LogP contribution in [0.4, 0.5) is 4.79 Å². The van der Waals surface area contributed by atoms with Gasteiger partial charge in [-0.2, -0.15) is 0 Å². The zero-order chi connectivity index (χ0) is 15.2. The van der Waals surface area contributed by atoms with Crippen LogP contribution in [0.2, 0.25) is 0 Å². The molecule has 0 saturated carbocycles. The molecule has 3 aliphatic heterocycles. The van der Waals surface area contributed by atoms with E-state index in [1.54, 1.807) is 11.8 Å². The zero-order valence-electron chi connectivity index (χ0n) is 12.9. The number of hydrogen-bond donors (Lipinski definition) is 1. The first-order valence-corrected chi connectivity index (χ1v) is 7.99. The molecule has 3 rings (SSSR count). The second kappa shape index (κ2) is 5.16. The van der Waals surface area contributed by atoms with E-state index in [-0.39, 0.29) is 12.1 Å². The Bertz CT molecular complexity index is 455. The van der Waals surface area contributed by atoms with Crippen LogP contribution in [-0.2, 0) is 4.79 Å². The van der Waals surface area contributed by atoms with Crippen molar-refractivity contribution in [3.05, 3.63) is 0 Å². The van der Waals surface area contributed by atoms with Crippen LogP contribution in [0, 0.1) is 0 Å². The van der Waals surface area contributed by atoms with Crippen LogP contribution >= 0.6 is 0 Å². The van der Waals surface area contributed by atoms with Gasteiger partial charge in [-0.25, -0.2) is 9.59 Å². The van der Waals surface area contributed by atoms with E-state index in [0.29, 0.717) is 19.0 Å². The SMILES string of the molecule is CC1CN2CCCC2CN1C(=O)N1CCCC1(C)C(=O)O. The van der Waals surface area contributed by atoms with Gasteiger partial charge in [0.25, 0.3) is 0 Å². The van der Waals surface area contributed by atoms with Crippen molar-refractivity contribution in [1.82, 2.24) is 14.7 Å². The van der Waals surface area contributed by atoms with Gasteiger partial charge < -0.3 is 14.9 Å². The second-order valence-electron chi connectivity index (χ2n) is 6.91. The van der Waals surface area contributed by atoms with Crippen molar-refractivity contribution in [1.29, 1.82) is 0 Å². The third kappa shape index (κ3) is 2.29. The molecule has 3 heterocycles. The summed E-state index contributed by atoms with van der Waals surface area (Å²) < 4.78 is 0. The third-order valence-electron chi connectivity index (χ3n) is 5.52. The normalized spacial score (nSPS) is 36.9. The van der Waals surface area contributed by atoms with Crippen molar-refractivity contribution < 1.29 is 14.7 Å². The number of carbonyl (C=O) groups excluding carboxylic acids is 1. The Hall–Kier alpha value is -1.30. The molecule has 0 spiro atoms. The number of piperazine rings is 1. The minimum Gasteiger partial charge on any atom is -0.480 e. The smallest absolute Gasteiger partial charge is 0.329 e. The third-order valence-corrected chi connectivity index (χ3v) is 5.52. The molecule has 0 aromatic rings. The molecule has 0 bridgehead atoms. The number of nitrogens with zero attached hydrogens (tertiary/aromatic N) is 3. The number of carboxylic acid groups (broad SMARTS) is 1. The van der Waals surface area contributed by atoms with Gasteiger partial charge in [-0.05, 0) is 46.1 Å². The Balaban J connectivity index is 1.76. The molecule has 3 atom stereocenters. The first-order chi connectivity index (χ1) is 9.93. The fourth-order valence-electron chi connectivity index (χ4n) is 4.10. The van der Waals surface area contributed by atoms with E-state index in [9.17, 15) is 14.7 Å². The van der Waals surface area contributed by atoms with Gasteiger partial charge in [0.2, 0.25) is 0 Å². The molecule has 21 heavy (non-hydrogen) atoms. The van der Waals surface area contributed by atoms with Gasteiger partial charge in [-0.1, -0.05) is 0 Å². The molecule has 0 aliphatic carbocycles. The number of hydrogen-bond acceptors (Lipinski definition) is 3. The van der Waals surface area contributed by atoms with Crippen molar-refractivity contribution in [2.45, 2.75) is 57.2 Å². The summed E-state index contributed by atoms with van der Waals surface area (Å²) in [6.07, 6.45) is 3.67. The molecule has 0 aromatic carbocycles. The van der Waals surface area contributed by atoms with Gasteiger partial charge in [0, 0.05) is 31.7 Å². The largest absolute Gasteiger partial charge is 0.480 e. The number of likely N-dealkylation sites (tertiary alicyclic amines) is 1. The van der Waals surface area contributed by atoms with Gasteiger partial charge in [-0.15, -0.1) is 0 Å². The van der Waals surface area contributed by atoms with Crippen LogP contribution in [0.1, 0.15) is 39.5 Å². The number of urea groups is 1. The van der Waals surface area contributed by atoms with Crippen LogP contribution in [0.25, 0.3) is 0 Å². The van der Waals surface area contributed by atoms with Gasteiger partial charge in [-0.3, -0.25) is 4.90 Å². The van der Waals surface area contributed by atoms with E-state index in [0.717, 1.165) is 32.5 Å². The number of aliphatic carboxylic acids is 1. The molecular formula is C15H25N3O3. The fourth-order valence-corrected chi connectivity index (χ4v) is 4.10. The average molecular weight is 295 g/mol. The van der Waals surface area contributed by atoms with Crippen molar-refractivity contribution >= 4 is 12.0 Å². The number of carbonyl (C=O) groups is 2. The van der Waals surface area contributed by atoms with Gasteiger partial charge in [0.1, 0.15) is 5.54 Å². The lowest BCUT2D eigenvalue weighted by Crippen LogP contribution is -2.62. The van der Waals surface area contributed by atoms with E-state index in [1.807, 2.05) is 4.90 Å². The molecular weight excluding hydrogens is 270 g/mol. The Labute approximate surface area is 125 Å². The summed E-state index contributed by atoms with van der Waals surface area (Å²) in [4.78, 5) is 30.4. The first kappa shape index (κ1) is 14.6. The molecule has 6 heteroatoms. The van der Waals surface area contributed by atoms with E-state index >= 15 is 0 Å². The van der Waals surface area contributed by atoms with Crippen molar-refractivity contribution in [3.8, 4) is 0 Å². The maximum atomic E-state index is 12.9. The van der Waals surface area contributed by atoms with E-state index < -0.39 is 11.5 Å². The fraction of sp³-hybridized carbons (Fsp3) is 0.867. The lowest BCUT2D eigenvalue weighted by atomic mass is 9.99. The highest BCUT2D eigenvalue weighted by Gasteiger charge is 2.49. The topological polar surface area (TPSA) is 64.1 Å². The Morgan fingerprint density at radius 1 is 1.19 bits per heavy atom. The molecule has 3 fully saturated rings. The summed E-state index contributed by atoms with van der Waals surface area (Å²) in [6, 6.07) is 0.533. The van der Waals surface area contributed by atoms with Crippen molar-refractivity contribution in [2.75, 3.05) is 26.2 Å². The molecule has 3 aliphatic rings. The maximum absolute atomic E-state index is 12.9. The summed E-state index contributed by atoms with van der Waals surface area (Å²) in [7, 11) is 0. The summed E-state index contributed by atoms with van der Waals surface area (Å²) in [5, 5.41) is 9.49. The lowest BCUT2D eigenvalue weighted by molar-refractivity contribution is -0.147. The quantitative estimate of drug-likeness (QED) is 0.790. The van der Waals surface area contributed by atoms with Crippen LogP contribution in [0.3, 0.4) is 0 Å². The Morgan fingerprint density at radius 3 is 2.67 bits per heavy atom. The molecule has 0 radical (unpaired) electrons. The molecule has 3 unspecified atom stereocenters. The maximum Gasteiger partial charge on any atom is 0.329 e. The number of fused-ring (bicyclic) bond motifs is 1. The van der Waals surface area contributed by atoms with E-state index in [1.165, 1.54) is 6.42 Å². The molecule has 2 amide bonds. The van der Waals surface area contributed by atoms with E-state index in [2.05, 4.69) is 11.8 Å². The minimum atomic E-state index is -1.04. The molecule has 1 N–H and O–H groups in total. The summed E-state index contributed by atoms with van der Waals surface area (Å²) in [5.41, 5.74) is -1.04. The van der Waals surface area contributed by atoms with Crippen LogP contribution in [0.5, 0.6) is 0 Å². The molecule has 3 saturated heterocycles. The van der Waals surface area contributed by atoms with E-state index in [4.69, 9.17) is 0 Å². The monoisotopic (exact) mass is 295 g/mol. The van der Waals surface area contributed by atoms with Crippen molar-refractivity contribution in [2.24, 2.45) is 0 Å². The zero-order valence-corrected chi connectivity index (χ0v) is 12.9. The van der Waals surface area contributed by atoms with Crippen LogP contribution in [0.15, 0.2) is 0 Å². The molecule has 0 aromatic heterocycles. The molecule has 118 valence electrons. The second-order valence-corrected chi connectivity index (χ2v) is 6.91. The standard InChI is InChI=1S/C15H25N3O3/c1-11-9-16-7-3-5-12(16)10-17(11)14(21)18-8-4-6-15(18,2)13(19)20/h11-12H,3-10H2,1-2H3,(H,19,20). The summed E-state index contributed by atoms with van der Waals surface area (Å²) in [6.45, 7) is 7.09. The summed E-state index contributed by atoms with van der Waals surface area (Å²) >= 11 is 0. The number of amides is 2. The van der Waals surface area contributed by atoms with Gasteiger partial charge in [0.05, 0.1) is 0 Å². The predicted molar refractivity (Wildman–Crippen MR) is 78.1 cm³/mol. The van der Waals surface area contributed by atoms with Gasteiger partial charge >= 0.3 is 12.0 Å².